The van der Waals surface area contributed by atoms with Crippen molar-refractivity contribution in [2.45, 2.75) is 59.0 Å². The smallest absolute Gasteiger partial charge is 0.0625 e. The van der Waals surface area contributed by atoms with E-state index in [1.54, 1.807) is 0 Å². The monoisotopic (exact) mass is 253 g/mol. The maximum atomic E-state index is 4.43. The lowest BCUT2D eigenvalue weighted by atomic mass is 9.95. The van der Waals surface area contributed by atoms with E-state index in [1.165, 1.54) is 29.6 Å². The summed E-state index contributed by atoms with van der Waals surface area (Å²) in [6.07, 6.45) is 4.61. The number of allylic oxidation sites excluding steroid dienone is 3. The summed E-state index contributed by atoms with van der Waals surface area (Å²) in [5, 5.41) is 0. The second-order valence-corrected chi connectivity index (χ2v) is 5.41. The average Bonchev–Trinajstić information content (AvgIpc) is 2.34. The van der Waals surface area contributed by atoms with Gasteiger partial charge < -0.3 is 0 Å². The summed E-state index contributed by atoms with van der Waals surface area (Å²) in [4.78, 5) is 4.43. The number of unbranched alkanes of at least 4 members (excludes halogenated alkanes) is 1. The second kappa shape index (κ2) is 8.64. The second-order valence-electron chi connectivity index (χ2n) is 4.60. The topological polar surface area (TPSA) is 12.4 Å². The molecule has 98 valence electrons. The van der Waals surface area contributed by atoms with Crippen LogP contribution < -0.4 is 0 Å². The quantitative estimate of drug-likeness (QED) is 0.457. The lowest BCUT2D eigenvalue weighted by molar-refractivity contribution is 0.803. The third-order valence-electron chi connectivity index (χ3n) is 3.33. The Kier molecular flexibility index (Phi) is 8.43. The Morgan fingerprint density at radius 1 is 1.29 bits per heavy atom. The van der Waals surface area contributed by atoms with Gasteiger partial charge >= 0.3 is 0 Å². The molecule has 0 radical (unpaired) electrons. The fourth-order valence-electron chi connectivity index (χ4n) is 1.87. The van der Waals surface area contributed by atoms with Crippen LogP contribution in [0.25, 0.3) is 0 Å². The zero-order chi connectivity index (χ0) is 13.4. The molecule has 17 heavy (non-hydrogen) atoms. The molecule has 0 aromatic carbocycles. The Hall–Kier alpha value is -0.420. The lowest BCUT2D eigenvalue weighted by Crippen LogP contribution is -2.10. The molecule has 1 nitrogen and oxygen atoms in total. The van der Waals surface area contributed by atoms with Crippen LogP contribution in [-0.4, -0.2) is 18.4 Å². The van der Waals surface area contributed by atoms with Crippen LogP contribution in [0.2, 0.25) is 0 Å². The van der Waals surface area contributed by atoms with Crippen molar-refractivity contribution in [1.29, 1.82) is 0 Å². The number of rotatable bonds is 7. The van der Waals surface area contributed by atoms with Gasteiger partial charge in [-0.25, -0.2) is 0 Å². The zero-order valence-corrected chi connectivity index (χ0v) is 13.3. The summed E-state index contributed by atoms with van der Waals surface area (Å²) in [6, 6.07) is 0. The highest BCUT2D eigenvalue weighted by atomic mass is 31.0. The number of hydrogen-bond donors (Lipinski definition) is 0. The molecule has 0 fully saturated rings. The van der Waals surface area contributed by atoms with E-state index in [4.69, 9.17) is 0 Å². The van der Waals surface area contributed by atoms with Gasteiger partial charge in [-0.2, -0.15) is 0 Å². The van der Waals surface area contributed by atoms with Gasteiger partial charge in [0.2, 0.25) is 0 Å². The van der Waals surface area contributed by atoms with Crippen LogP contribution in [0.15, 0.2) is 28.3 Å². The van der Waals surface area contributed by atoms with Crippen molar-refractivity contribution in [1.82, 2.24) is 0 Å². The number of aliphatic imine (C=N–C) groups is 1. The Balaban J connectivity index is 4.96. The summed E-state index contributed by atoms with van der Waals surface area (Å²) in [5.41, 5.74) is 5.55. The van der Waals surface area contributed by atoms with E-state index in [0.29, 0.717) is 5.66 Å². The first-order valence-electron chi connectivity index (χ1n) is 6.57. The van der Waals surface area contributed by atoms with Crippen LogP contribution in [0.5, 0.6) is 0 Å². The Morgan fingerprint density at radius 2 is 1.88 bits per heavy atom. The molecule has 0 aliphatic heterocycles. The van der Waals surface area contributed by atoms with Crippen molar-refractivity contribution < 1.29 is 0 Å². The van der Waals surface area contributed by atoms with E-state index in [0.717, 1.165) is 18.6 Å². The molecule has 0 bridgehead atoms. The van der Waals surface area contributed by atoms with E-state index >= 15 is 0 Å². The molecule has 0 spiro atoms. The summed E-state index contributed by atoms with van der Waals surface area (Å²) in [7, 11) is 4.78. The SMILES string of the molecule is C=C(CCCC)C(=N/C)/C(C)=C(\C)C(P)CC. The van der Waals surface area contributed by atoms with E-state index in [2.05, 4.69) is 48.5 Å². The largest absolute Gasteiger partial charge is 0.288 e. The molecule has 2 atom stereocenters. The lowest BCUT2D eigenvalue weighted by Gasteiger charge is -2.16. The van der Waals surface area contributed by atoms with Gasteiger partial charge in [0.25, 0.3) is 0 Å². The van der Waals surface area contributed by atoms with Gasteiger partial charge in [-0.3, -0.25) is 4.99 Å². The van der Waals surface area contributed by atoms with Crippen molar-refractivity contribution in [3.05, 3.63) is 23.3 Å². The van der Waals surface area contributed by atoms with Crippen LogP contribution in [0.1, 0.15) is 53.4 Å². The Labute approximate surface area is 110 Å². The highest BCUT2D eigenvalue weighted by Crippen LogP contribution is 2.23. The van der Waals surface area contributed by atoms with Gasteiger partial charge in [0, 0.05) is 7.05 Å². The molecule has 0 rings (SSSR count). The van der Waals surface area contributed by atoms with E-state index < -0.39 is 0 Å². The molecule has 0 aliphatic carbocycles. The molecule has 0 saturated carbocycles. The molecular weight excluding hydrogens is 225 g/mol. The van der Waals surface area contributed by atoms with Crippen LogP contribution in [0.3, 0.4) is 0 Å². The summed E-state index contributed by atoms with van der Waals surface area (Å²) in [5.74, 6) is 0. The minimum absolute atomic E-state index is 0.547. The fourth-order valence-corrected chi connectivity index (χ4v) is 2.12. The highest BCUT2D eigenvalue weighted by Gasteiger charge is 2.12. The molecule has 2 unspecified atom stereocenters. The van der Waals surface area contributed by atoms with Crippen LogP contribution in [0, 0.1) is 0 Å². The molecule has 0 amide bonds. The van der Waals surface area contributed by atoms with Crippen molar-refractivity contribution in [3.8, 4) is 0 Å². The maximum absolute atomic E-state index is 4.43. The van der Waals surface area contributed by atoms with Gasteiger partial charge in [0.1, 0.15) is 0 Å². The molecule has 2 heteroatoms. The molecule has 0 N–H and O–H groups in total. The molecule has 0 heterocycles. The van der Waals surface area contributed by atoms with Crippen LogP contribution >= 0.6 is 9.24 Å². The summed E-state index contributed by atoms with van der Waals surface area (Å²) in [6.45, 7) is 13.0. The van der Waals surface area contributed by atoms with E-state index in [1.807, 2.05) is 7.05 Å². The summed E-state index contributed by atoms with van der Waals surface area (Å²) >= 11 is 0. The normalized spacial score (nSPS) is 15.5. The van der Waals surface area contributed by atoms with Gasteiger partial charge in [0.05, 0.1) is 5.71 Å². The first-order chi connectivity index (χ1) is 7.99. The maximum Gasteiger partial charge on any atom is 0.0625 e. The van der Waals surface area contributed by atoms with Gasteiger partial charge in [-0.05, 0) is 49.9 Å². The summed E-state index contributed by atoms with van der Waals surface area (Å²) < 4.78 is 0. The minimum atomic E-state index is 0.547. The predicted molar refractivity (Wildman–Crippen MR) is 84.2 cm³/mol. The Morgan fingerprint density at radius 3 is 2.29 bits per heavy atom. The minimum Gasteiger partial charge on any atom is -0.288 e. The van der Waals surface area contributed by atoms with Crippen molar-refractivity contribution in [3.63, 3.8) is 0 Å². The molecule has 0 saturated heterocycles. The number of nitrogens with zero attached hydrogens (tertiary/aromatic N) is 1. The zero-order valence-electron chi connectivity index (χ0n) is 12.1. The van der Waals surface area contributed by atoms with Crippen molar-refractivity contribution in [2.24, 2.45) is 4.99 Å². The molecular formula is C15H28NP. The van der Waals surface area contributed by atoms with Gasteiger partial charge in [-0.1, -0.05) is 32.4 Å². The first kappa shape index (κ1) is 16.6. The molecule has 0 aromatic rings. The van der Waals surface area contributed by atoms with Crippen LogP contribution in [-0.2, 0) is 0 Å². The van der Waals surface area contributed by atoms with Gasteiger partial charge in [0.15, 0.2) is 0 Å². The van der Waals surface area contributed by atoms with E-state index in [9.17, 15) is 0 Å². The number of hydrogen-bond acceptors (Lipinski definition) is 1. The predicted octanol–water partition coefficient (Wildman–Crippen LogP) is 4.79. The Bertz CT molecular complexity index is 313. The van der Waals surface area contributed by atoms with Crippen molar-refractivity contribution in [2.75, 3.05) is 7.05 Å². The molecule has 0 aliphatic rings. The first-order valence-corrected chi connectivity index (χ1v) is 7.24. The third kappa shape index (κ3) is 5.17. The molecule has 0 aromatic heterocycles. The standard InChI is InChI=1S/C15H28NP/c1-7-9-10-11(3)15(16-6)13(5)12(4)14(17)8-2/h14H,3,7-10,17H2,1-2,4-6H3/b13-12+,16-15-. The fraction of sp³-hybridized carbons (Fsp3) is 0.667. The third-order valence-corrected chi connectivity index (χ3v) is 4.30. The average molecular weight is 253 g/mol. The van der Waals surface area contributed by atoms with Gasteiger partial charge in [-0.15, -0.1) is 9.24 Å². The van der Waals surface area contributed by atoms with Crippen LogP contribution in [0.4, 0.5) is 0 Å². The van der Waals surface area contributed by atoms with E-state index in [-0.39, 0.29) is 0 Å². The van der Waals surface area contributed by atoms with Crippen molar-refractivity contribution >= 4 is 15.0 Å². The highest BCUT2D eigenvalue weighted by molar-refractivity contribution is 7.18.